The molecule has 0 amide bonds. The first kappa shape index (κ1) is 13.9. The lowest BCUT2D eigenvalue weighted by molar-refractivity contribution is 0.343. The Morgan fingerprint density at radius 2 is 2.15 bits per heavy atom. The van der Waals surface area contributed by atoms with Crippen molar-refractivity contribution >= 4 is 33.2 Å². The third-order valence-electron chi connectivity index (χ3n) is 3.63. The summed E-state index contributed by atoms with van der Waals surface area (Å²) in [4.78, 5) is 0. The molecule has 1 atom stereocenters. The fourth-order valence-corrected chi connectivity index (χ4v) is 3.37. The van der Waals surface area contributed by atoms with Crippen molar-refractivity contribution < 1.29 is 4.39 Å². The van der Waals surface area contributed by atoms with E-state index in [0.717, 1.165) is 34.3 Å². The zero-order valence-corrected chi connectivity index (χ0v) is 13.1. The van der Waals surface area contributed by atoms with Gasteiger partial charge in [0.2, 0.25) is 0 Å². The van der Waals surface area contributed by atoms with Crippen LogP contribution in [0.2, 0.25) is 5.02 Å². The molecular formula is C16H14BrClFN. The van der Waals surface area contributed by atoms with Crippen LogP contribution in [0.25, 0.3) is 0 Å². The molecule has 0 bridgehead atoms. The lowest BCUT2D eigenvalue weighted by Gasteiger charge is -2.14. The topological polar surface area (TPSA) is 12.0 Å². The SMILES string of the molecule is FC(Cc1ccc(Br)cc1Cl)c1cccc2c1NCC2. The first-order chi connectivity index (χ1) is 9.65. The van der Waals surface area contributed by atoms with E-state index in [-0.39, 0.29) is 0 Å². The molecule has 1 heterocycles. The Bertz CT molecular complexity index is 644. The van der Waals surface area contributed by atoms with E-state index in [9.17, 15) is 4.39 Å². The van der Waals surface area contributed by atoms with Gasteiger partial charge in [-0.2, -0.15) is 0 Å². The maximum atomic E-state index is 14.6. The zero-order valence-electron chi connectivity index (χ0n) is 10.8. The van der Waals surface area contributed by atoms with Gasteiger partial charge in [0.15, 0.2) is 0 Å². The second-order valence-corrected chi connectivity index (χ2v) is 6.29. The standard InChI is InChI=1S/C16H14BrClFN/c17-12-5-4-11(14(18)9-12)8-15(19)13-3-1-2-10-6-7-20-16(10)13/h1-5,9,15,20H,6-8H2. The largest absolute Gasteiger partial charge is 0.384 e. The molecule has 0 fully saturated rings. The van der Waals surface area contributed by atoms with Gasteiger partial charge in [-0.25, -0.2) is 4.39 Å². The number of para-hydroxylation sites is 1. The van der Waals surface area contributed by atoms with Crippen molar-refractivity contribution in [3.8, 4) is 0 Å². The van der Waals surface area contributed by atoms with Crippen LogP contribution < -0.4 is 5.32 Å². The lowest BCUT2D eigenvalue weighted by atomic mass is 9.99. The van der Waals surface area contributed by atoms with Crippen molar-refractivity contribution in [2.75, 3.05) is 11.9 Å². The minimum Gasteiger partial charge on any atom is -0.384 e. The van der Waals surface area contributed by atoms with Crippen LogP contribution in [0, 0.1) is 0 Å². The number of halogens is 3. The minimum absolute atomic E-state index is 0.296. The second-order valence-electron chi connectivity index (χ2n) is 4.97. The predicted molar refractivity (Wildman–Crippen MR) is 85.3 cm³/mol. The Labute approximate surface area is 131 Å². The number of alkyl halides is 1. The van der Waals surface area contributed by atoms with E-state index < -0.39 is 6.17 Å². The van der Waals surface area contributed by atoms with Gasteiger partial charge in [0, 0.05) is 33.7 Å². The van der Waals surface area contributed by atoms with Gasteiger partial charge in [-0.05, 0) is 29.7 Å². The van der Waals surface area contributed by atoms with Crippen molar-refractivity contribution in [3.63, 3.8) is 0 Å². The van der Waals surface area contributed by atoms with E-state index in [2.05, 4.69) is 27.3 Å². The fourth-order valence-electron chi connectivity index (χ4n) is 2.62. The molecule has 1 aliphatic heterocycles. The highest BCUT2D eigenvalue weighted by molar-refractivity contribution is 9.10. The summed E-state index contributed by atoms with van der Waals surface area (Å²) in [6.45, 7) is 0.887. The molecule has 1 N–H and O–H groups in total. The summed E-state index contributed by atoms with van der Waals surface area (Å²) in [7, 11) is 0. The quantitative estimate of drug-likeness (QED) is 0.786. The maximum Gasteiger partial charge on any atom is 0.131 e. The van der Waals surface area contributed by atoms with Gasteiger partial charge in [0.1, 0.15) is 6.17 Å². The maximum absolute atomic E-state index is 14.6. The molecule has 0 aromatic heterocycles. The van der Waals surface area contributed by atoms with Crippen LogP contribution >= 0.6 is 27.5 Å². The molecule has 1 nitrogen and oxygen atoms in total. The third-order valence-corrected chi connectivity index (χ3v) is 4.48. The molecule has 2 aromatic rings. The fraction of sp³-hybridized carbons (Fsp3) is 0.250. The molecule has 0 saturated heterocycles. The first-order valence-corrected chi connectivity index (χ1v) is 7.76. The van der Waals surface area contributed by atoms with Crippen LogP contribution in [-0.4, -0.2) is 6.54 Å². The number of rotatable bonds is 3. The van der Waals surface area contributed by atoms with Gasteiger partial charge in [0.05, 0.1) is 0 Å². The highest BCUT2D eigenvalue weighted by Crippen LogP contribution is 2.35. The number of anilines is 1. The van der Waals surface area contributed by atoms with Crippen molar-refractivity contribution in [1.29, 1.82) is 0 Å². The number of fused-ring (bicyclic) bond motifs is 1. The molecule has 0 aliphatic carbocycles. The summed E-state index contributed by atoms with van der Waals surface area (Å²) in [5.74, 6) is 0. The summed E-state index contributed by atoms with van der Waals surface area (Å²) in [6, 6.07) is 11.4. The summed E-state index contributed by atoms with van der Waals surface area (Å²) in [5, 5.41) is 3.88. The molecule has 104 valence electrons. The van der Waals surface area contributed by atoms with Gasteiger partial charge < -0.3 is 5.32 Å². The number of benzene rings is 2. The highest BCUT2D eigenvalue weighted by atomic mass is 79.9. The summed E-state index contributed by atoms with van der Waals surface area (Å²) in [6.07, 6.45) is 0.216. The van der Waals surface area contributed by atoms with Crippen molar-refractivity contribution in [3.05, 3.63) is 62.6 Å². The van der Waals surface area contributed by atoms with Crippen LogP contribution in [0.3, 0.4) is 0 Å². The molecule has 3 rings (SSSR count). The Morgan fingerprint density at radius 1 is 1.30 bits per heavy atom. The second kappa shape index (κ2) is 5.74. The normalized spacial score (nSPS) is 14.8. The van der Waals surface area contributed by atoms with Gasteiger partial charge in [-0.1, -0.05) is 51.8 Å². The number of nitrogens with one attached hydrogen (secondary N) is 1. The van der Waals surface area contributed by atoms with Crippen molar-refractivity contribution in [2.24, 2.45) is 0 Å². The first-order valence-electron chi connectivity index (χ1n) is 6.59. The van der Waals surface area contributed by atoms with E-state index in [0.29, 0.717) is 11.4 Å². The zero-order chi connectivity index (χ0) is 14.1. The van der Waals surface area contributed by atoms with Crippen LogP contribution in [-0.2, 0) is 12.8 Å². The van der Waals surface area contributed by atoms with Gasteiger partial charge in [-0.3, -0.25) is 0 Å². The molecule has 4 heteroatoms. The predicted octanol–water partition coefficient (Wildman–Crippen LogP) is 5.32. The molecule has 0 radical (unpaired) electrons. The van der Waals surface area contributed by atoms with Gasteiger partial charge in [0.25, 0.3) is 0 Å². The average Bonchev–Trinajstić information content (AvgIpc) is 2.90. The smallest absolute Gasteiger partial charge is 0.131 e. The van der Waals surface area contributed by atoms with Crippen molar-refractivity contribution in [2.45, 2.75) is 19.0 Å². The minimum atomic E-state index is -1.05. The lowest BCUT2D eigenvalue weighted by Crippen LogP contribution is -2.02. The molecule has 1 unspecified atom stereocenters. The van der Waals surface area contributed by atoms with Crippen LogP contribution in [0.15, 0.2) is 40.9 Å². The van der Waals surface area contributed by atoms with Crippen molar-refractivity contribution in [1.82, 2.24) is 0 Å². The summed E-state index contributed by atoms with van der Waals surface area (Å²) >= 11 is 9.53. The Kier molecular flexibility index (Phi) is 3.99. The monoisotopic (exact) mass is 353 g/mol. The Hall–Kier alpha value is -1.06. The van der Waals surface area contributed by atoms with Crippen LogP contribution in [0.1, 0.15) is 22.9 Å². The molecule has 1 aliphatic rings. The van der Waals surface area contributed by atoms with E-state index in [1.807, 2.05) is 24.3 Å². The van der Waals surface area contributed by atoms with E-state index >= 15 is 0 Å². The summed E-state index contributed by atoms with van der Waals surface area (Å²) < 4.78 is 15.6. The molecule has 20 heavy (non-hydrogen) atoms. The van der Waals surface area contributed by atoms with E-state index in [1.165, 1.54) is 5.56 Å². The van der Waals surface area contributed by atoms with E-state index in [4.69, 9.17) is 11.6 Å². The van der Waals surface area contributed by atoms with Gasteiger partial charge in [-0.15, -0.1) is 0 Å². The number of hydrogen-bond acceptors (Lipinski definition) is 1. The van der Waals surface area contributed by atoms with E-state index in [1.54, 1.807) is 6.07 Å². The third kappa shape index (κ3) is 2.70. The van der Waals surface area contributed by atoms with Gasteiger partial charge >= 0.3 is 0 Å². The molecule has 2 aromatic carbocycles. The van der Waals surface area contributed by atoms with Crippen LogP contribution in [0.4, 0.5) is 10.1 Å². The molecule has 0 spiro atoms. The average molecular weight is 355 g/mol. The van der Waals surface area contributed by atoms with Crippen LogP contribution in [0.5, 0.6) is 0 Å². The highest BCUT2D eigenvalue weighted by Gasteiger charge is 2.21. The molecular weight excluding hydrogens is 341 g/mol. The summed E-state index contributed by atoms with van der Waals surface area (Å²) in [5.41, 5.74) is 3.73. The molecule has 0 saturated carbocycles. The number of hydrogen-bond donors (Lipinski definition) is 1. The Morgan fingerprint density at radius 3 is 2.95 bits per heavy atom. The Balaban J connectivity index is 1.86.